The fourth-order valence-electron chi connectivity index (χ4n) is 3.84. The van der Waals surface area contributed by atoms with Crippen molar-refractivity contribution in [1.82, 2.24) is 10.2 Å². The molecule has 1 aromatic heterocycles. The Morgan fingerprint density at radius 3 is 2.50 bits per heavy atom. The van der Waals surface area contributed by atoms with Crippen molar-refractivity contribution < 1.29 is 31.9 Å². The number of nitrogens with zero attached hydrogens (tertiary/aromatic N) is 3. The van der Waals surface area contributed by atoms with Crippen molar-refractivity contribution in [2.45, 2.75) is 12.2 Å². The van der Waals surface area contributed by atoms with Gasteiger partial charge in [-0.15, -0.1) is 0 Å². The molecule has 2 aromatic rings. The standard InChI is InChI=1S/C21H21F3N4O4/c1-31-19(30)16-17(15-6-3-11-32-15)25-20(26-18(16)29)28-9-7-27(8-10-28)14-5-2-4-13(12-14)21(22,23)24/h2-6,11-12,16-17H,7-10H2,1H3,(H,25,26,29)/t16-,17+/m1/s1. The fourth-order valence-corrected chi connectivity index (χ4v) is 3.84. The lowest BCUT2D eigenvalue weighted by atomic mass is 9.95. The first kappa shape index (κ1) is 21.7. The first-order valence-corrected chi connectivity index (χ1v) is 9.95. The van der Waals surface area contributed by atoms with Gasteiger partial charge in [0.1, 0.15) is 11.8 Å². The average molecular weight is 450 g/mol. The summed E-state index contributed by atoms with van der Waals surface area (Å²) in [6, 6.07) is 7.59. The van der Waals surface area contributed by atoms with Gasteiger partial charge in [-0.3, -0.25) is 14.9 Å². The lowest BCUT2D eigenvalue weighted by molar-refractivity contribution is -0.151. The Bertz CT molecular complexity index is 1010. The van der Waals surface area contributed by atoms with Gasteiger partial charge in [-0.2, -0.15) is 13.2 Å². The van der Waals surface area contributed by atoms with Crippen molar-refractivity contribution in [3.8, 4) is 0 Å². The molecule has 170 valence electrons. The van der Waals surface area contributed by atoms with Crippen LogP contribution in [-0.4, -0.2) is 56.0 Å². The molecule has 1 aromatic carbocycles. The molecule has 0 radical (unpaired) electrons. The summed E-state index contributed by atoms with van der Waals surface area (Å²) in [6.07, 6.45) is -2.98. The van der Waals surface area contributed by atoms with Gasteiger partial charge in [-0.05, 0) is 30.3 Å². The minimum Gasteiger partial charge on any atom is -0.468 e. The molecule has 0 spiro atoms. The number of halogens is 3. The molecule has 0 unspecified atom stereocenters. The Kier molecular flexibility index (Phi) is 5.81. The highest BCUT2D eigenvalue weighted by Gasteiger charge is 2.43. The van der Waals surface area contributed by atoms with Crippen LogP contribution in [0, 0.1) is 5.92 Å². The molecule has 0 aliphatic carbocycles. The number of nitrogens with one attached hydrogen (secondary N) is 1. The molecule has 2 atom stereocenters. The van der Waals surface area contributed by atoms with E-state index in [4.69, 9.17) is 9.15 Å². The van der Waals surface area contributed by atoms with E-state index < -0.39 is 35.6 Å². The van der Waals surface area contributed by atoms with E-state index in [1.807, 2.05) is 9.80 Å². The summed E-state index contributed by atoms with van der Waals surface area (Å²) in [5.41, 5.74) is -0.218. The number of aliphatic imine (C=N–C) groups is 1. The zero-order valence-electron chi connectivity index (χ0n) is 17.1. The highest BCUT2D eigenvalue weighted by Crippen LogP contribution is 2.33. The maximum absolute atomic E-state index is 13.0. The zero-order valence-corrected chi connectivity index (χ0v) is 17.1. The largest absolute Gasteiger partial charge is 0.468 e. The monoisotopic (exact) mass is 450 g/mol. The number of carbonyl (C=O) groups is 2. The van der Waals surface area contributed by atoms with Gasteiger partial charge in [-0.25, -0.2) is 4.99 Å². The quantitative estimate of drug-likeness (QED) is 0.571. The van der Waals surface area contributed by atoms with E-state index in [1.165, 1.54) is 19.4 Å². The van der Waals surface area contributed by atoms with E-state index in [0.717, 1.165) is 12.1 Å². The Labute approximate surface area is 181 Å². The molecule has 2 aliphatic rings. The number of furan rings is 1. The number of hydrogen-bond acceptors (Lipinski definition) is 7. The Hall–Kier alpha value is -3.50. The maximum atomic E-state index is 13.0. The lowest BCUT2D eigenvalue weighted by Crippen LogP contribution is -2.57. The first-order valence-electron chi connectivity index (χ1n) is 9.95. The first-order chi connectivity index (χ1) is 15.3. The number of esters is 1. The van der Waals surface area contributed by atoms with Crippen LogP contribution >= 0.6 is 0 Å². The molecule has 1 fully saturated rings. The maximum Gasteiger partial charge on any atom is 0.416 e. The van der Waals surface area contributed by atoms with Crippen molar-refractivity contribution in [2.24, 2.45) is 10.9 Å². The number of hydrogen-bond donors (Lipinski definition) is 1. The van der Waals surface area contributed by atoms with Gasteiger partial charge in [0.15, 0.2) is 5.92 Å². The second-order valence-corrected chi connectivity index (χ2v) is 7.43. The van der Waals surface area contributed by atoms with E-state index in [-0.39, 0.29) is 0 Å². The SMILES string of the molecule is COC(=O)[C@H]1C(=O)NC(N2CCN(c3cccc(C(F)(F)F)c3)CC2)=N[C@H]1c1ccco1. The number of methoxy groups -OCH3 is 1. The molecule has 32 heavy (non-hydrogen) atoms. The van der Waals surface area contributed by atoms with Crippen molar-refractivity contribution in [1.29, 1.82) is 0 Å². The molecule has 0 saturated carbocycles. The summed E-state index contributed by atoms with van der Waals surface area (Å²) < 4.78 is 49.2. The number of guanidine groups is 1. The molecule has 4 rings (SSSR count). The fraction of sp³-hybridized carbons (Fsp3) is 0.381. The molecule has 8 nitrogen and oxygen atoms in total. The number of rotatable bonds is 3. The molecular formula is C21H21F3N4O4. The minimum atomic E-state index is -4.41. The van der Waals surface area contributed by atoms with E-state index in [1.54, 1.807) is 18.2 Å². The number of piperazine rings is 1. The van der Waals surface area contributed by atoms with Crippen molar-refractivity contribution in [2.75, 3.05) is 38.2 Å². The smallest absolute Gasteiger partial charge is 0.416 e. The molecule has 11 heteroatoms. The number of carbonyl (C=O) groups excluding carboxylic acids is 2. The lowest BCUT2D eigenvalue weighted by Gasteiger charge is -2.39. The second kappa shape index (κ2) is 8.56. The van der Waals surface area contributed by atoms with E-state index in [2.05, 4.69) is 10.3 Å². The Morgan fingerprint density at radius 1 is 1.16 bits per heavy atom. The number of alkyl halides is 3. The van der Waals surface area contributed by atoms with Crippen LogP contribution in [0.3, 0.4) is 0 Å². The highest BCUT2D eigenvalue weighted by molar-refractivity contribution is 6.08. The summed E-state index contributed by atoms with van der Waals surface area (Å²) in [4.78, 5) is 33.1. The Morgan fingerprint density at radius 2 is 1.88 bits per heavy atom. The molecule has 0 bridgehead atoms. The third-order valence-corrected chi connectivity index (χ3v) is 5.50. The highest BCUT2D eigenvalue weighted by atomic mass is 19.4. The van der Waals surface area contributed by atoms with Crippen LogP contribution in [0.25, 0.3) is 0 Å². The van der Waals surface area contributed by atoms with Gasteiger partial charge in [0, 0.05) is 31.9 Å². The van der Waals surface area contributed by atoms with E-state index >= 15 is 0 Å². The van der Waals surface area contributed by atoms with Gasteiger partial charge >= 0.3 is 12.1 Å². The molecular weight excluding hydrogens is 429 g/mol. The number of ether oxygens (including phenoxy) is 1. The molecule has 1 N–H and O–H groups in total. The molecule has 1 saturated heterocycles. The van der Waals surface area contributed by atoms with Crippen LogP contribution in [0.2, 0.25) is 0 Å². The van der Waals surface area contributed by atoms with E-state index in [0.29, 0.717) is 43.6 Å². The minimum absolute atomic E-state index is 0.292. The number of benzene rings is 1. The third-order valence-electron chi connectivity index (χ3n) is 5.50. The summed E-state index contributed by atoms with van der Waals surface area (Å²) in [5.74, 6) is -1.80. The summed E-state index contributed by atoms with van der Waals surface area (Å²) in [7, 11) is 1.20. The van der Waals surface area contributed by atoms with Gasteiger partial charge < -0.3 is 19.0 Å². The molecule has 3 heterocycles. The predicted molar refractivity (Wildman–Crippen MR) is 108 cm³/mol. The van der Waals surface area contributed by atoms with Crippen LogP contribution in [0.4, 0.5) is 18.9 Å². The second-order valence-electron chi connectivity index (χ2n) is 7.43. The van der Waals surface area contributed by atoms with Crippen molar-refractivity contribution in [3.63, 3.8) is 0 Å². The van der Waals surface area contributed by atoms with Crippen LogP contribution < -0.4 is 10.2 Å². The van der Waals surface area contributed by atoms with Gasteiger partial charge in [0.05, 0.1) is 18.9 Å². The van der Waals surface area contributed by atoms with Gasteiger partial charge in [0.2, 0.25) is 11.9 Å². The zero-order chi connectivity index (χ0) is 22.9. The number of amides is 1. The van der Waals surface area contributed by atoms with Gasteiger partial charge in [0.25, 0.3) is 0 Å². The topological polar surface area (TPSA) is 87.4 Å². The summed E-state index contributed by atoms with van der Waals surface area (Å²) >= 11 is 0. The van der Waals surface area contributed by atoms with Crippen molar-refractivity contribution >= 4 is 23.5 Å². The average Bonchev–Trinajstić information content (AvgIpc) is 3.32. The van der Waals surface area contributed by atoms with Crippen molar-refractivity contribution in [3.05, 3.63) is 54.0 Å². The Balaban J connectivity index is 1.51. The van der Waals surface area contributed by atoms with Gasteiger partial charge in [-0.1, -0.05) is 6.07 Å². The predicted octanol–water partition coefficient (Wildman–Crippen LogP) is 2.44. The molecule has 1 amide bonds. The third kappa shape index (κ3) is 4.27. The normalized spacial score (nSPS) is 21.8. The summed E-state index contributed by atoms with van der Waals surface area (Å²) in [6.45, 7) is 1.70. The van der Waals surface area contributed by atoms with E-state index in [9.17, 15) is 22.8 Å². The summed E-state index contributed by atoms with van der Waals surface area (Å²) in [5, 5.41) is 2.65. The molecule has 2 aliphatic heterocycles. The van der Waals surface area contributed by atoms with Crippen LogP contribution in [0.1, 0.15) is 17.4 Å². The van der Waals surface area contributed by atoms with Crippen LogP contribution in [0.15, 0.2) is 52.1 Å². The van der Waals surface area contributed by atoms with Crippen LogP contribution in [0.5, 0.6) is 0 Å². The number of anilines is 1. The van der Waals surface area contributed by atoms with Crippen LogP contribution in [-0.2, 0) is 20.5 Å².